The Labute approximate surface area is 204 Å². The molecule has 1 amide bonds. The molecule has 3 aromatic carbocycles. The number of fused-ring (bicyclic) bond motifs is 1. The Morgan fingerprint density at radius 3 is 2.33 bits per heavy atom. The number of pyridine rings is 1. The number of anilines is 2. The summed E-state index contributed by atoms with van der Waals surface area (Å²) < 4.78 is 42.7. The molecule has 0 bridgehead atoms. The van der Waals surface area contributed by atoms with E-state index in [0.717, 1.165) is 56.1 Å². The summed E-state index contributed by atoms with van der Waals surface area (Å²) in [4.78, 5) is 32.3. The van der Waals surface area contributed by atoms with E-state index >= 15 is 4.39 Å². The van der Waals surface area contributed by atoms with Gasteiger partial charge >= 0.3 is 0 Å². The Morgan fingerprint density at radius 1 is 0.861 bits per heavy atom. The van der Waals surface area contributed by atoms with Crippen molar-refractivity contribution in [3.8, 4) is 0 Å². The minimum Gasteiger partial charge on any atom is -0.368 e. The Bertz CT molecular complexity index is 1470. The normalized spacial score (nSPS) is 13.6. The quantitative estimate of drug-likeness (QED) is 0.402. The van der Waals surface area contributed by atoms with Crippen LogP contribution in [0.3, 0.4) is 0 Å². The van der Waals surface area contributed by atoms with Crippen molar-refractivity contribution in [1.82, 2.24) is 10.3 Å². The molecule has 1 aromatic heterocycles. The summed E-state index contributed by atoms with van der Waals surface area (Å²) in [5.41, 5.74) is 0.775. The molecule has 182 valence electrons. The van der Waals surface area contributed by atoms with Crippen LogP contribution in [0, 0.1) is 17.5 Å². The highest BCUT2D eigenvalue weighted by Crippen LogP contribution is 2.26. The van der Waals surface area contributed by atoms with E-state index in [1.807, 2.05) is 6.07 Å². The molecule has 0 spiro atoms. The lowest BCUT2D eigenvalue weighted by atomic mass is 10.00. The second-order valence-electron chi connectivity index (χ2n) is 8.44. The van der Waals surface area contributed by atoms with Crippen LogP contribution in [0.1, 0.15) is 26.3 Å². The Balaban J connectivity index is 1.45. The molecule has 1 aliphatic rings. The van der Waals surface area contributed by atoms with E-state index in [1.165, 1.54) is 18.2 Å². The number of hydrogen-bond donors (Lipinski definition) is 2. The van der Waals surface area contributed by atoms with E-state index in [0.29, 0.717) is 10.9 Å². The van der Waals surface area contributed by atoms with Gasteiger partial charge in [0.05, 0.1) is 28.7 Å². The second kappa shape index (κ2) is 9.79. The van der Waals surface area contributed by atoms with E-state index < -0.39 is 40.4 Å². The van der Waals surface area contributed by atoms with Crippen LogP contribution in [0.2, 0.25) is 0 Å². The Hall–Kier alpha value is -4.24. The highest BCUT2D eigenvalue weighted by Gasteiger charge is 2.21. The van der Waals surface area contributed by atoms with Crippen molar-refractivity contribution in [3.05, 3.63) is 101 Å². The number of amides is 1. The van der Waals surface area contributed by atoms with Gasteiger partial charge in [-0.05, 0) is 54.6 Å². The van der Waals surface area contributed by atoms with Crippen LogP contribution in [0.15, 0.2) is 66.9 Å². The van der Waals surface area contributed by atoms with Gasteiger partial charge in [0.1, 0.15) is 11.6 Å². The zero-order chi connectivity index (χ0) is 25.2. The topological polar surface area (TPSA) is 74.3 Å². The molecule has 2 heterocycles. The molecular weight excluding hydrogens is 469 g/mol. The van der Waals surface area contributed by atoms with Gasteiger partial charge in [0.2, 0.25) is 0 Å². The zero-order valence-electron chi connectivity index (χ0n) is 19.0. The lowest BCUT2D eigenvalue weighted by Gasteiger charge is -2.29. The van der Waals surface area contributed by atoms with E-state index in [9.17, 15) is 18.4 Å². The summed E-state index contributed by atoms with van der Waals surface area (Å²) in [7, 11) is 0. The van der Waals surface area contributed by atoms with Crippen LogP contribution in [0.5, 0.6) is 0 Å². The first kappa shape index (κ1) is 23.5. The largest absolute Gasteiger partial charge is 0.368 e. The van der Waals surface area contributed by atoms with E-state index in [1.54, 1.807) is 18.3 Å². The molecule has 6 nitrogen and oxygen atoms in total. The monoisotopic (exact) mass is 490 g/mol. The molecule has 1 saturated heterocycles. The molecule has 1 aliphatic heterocycles. The fourth-order valence-electron chi connectivity index (χ4n) is 4.15. The number of piperazine rings is 1. The lowest BCUT2D eigenvalue weighted by molar-refractivity contribution is 0.101. The number of aromatic nitrogens is 1. The molecule has 1 fully saturated rings. The Kier molecular flexibility index (Phi) is 6.39. The molecular formula is C27H21F3N4O2. The maximum atomic E-state index is 15.3. The average Bonchev–Trinajstić information content (AvgIpc) is 2.90. The SMILES string of the molecule is O=C(Nc1cc(F)cc(C(=O)c2ccc3ncc(N4CCNCC4)cc3c2)c1F)c1ccc(F)cc1. The lowest BCUT2D eigenvalue weighted by Crippen LogP contribution is -2.43. The van der Waals surface area contributed by atoms with Gasteiger partial charge in [-0.3, -0.25) is 14.6 Å². The summed E-state index contributed by atoms with van der Waals surface area (Å²) in [6.45, 7) is 3.37. The number of ketones is 1. The number of nitrogens with one attached hydrogen (secondary N) is 2. The maximum absolute atomic E-state index is 15.3. The fraction of sp³-hybridized carbons (Fsp3) is 0.148. The van der Waals surface area contributed by atoms with Gasteiger partial charge in [-0.15, -0.1) is 0 Å². The van der Waals surface area contributed by atoms with Crippen molar-refractivity contribution < 1.29 is 22.8 Å². The highest BCUT2D eigenvalue weighted by molar-refractivity contribution is 6.12. The molecule has 5 rings (SSSR count). The molecule has 2 N–H and O–H groups in total. The van der Waals surface area contributed by atoms with Crippen molar-refractivity contribution in [2.75, 3.05) is 36.4 Å². The van der Waals surface area contributed by atoms with Crippen LogP contribution in [-0.4, -0.2) is 42.9 Å². The minimum atomic E-state index is -1.07. The smallest absolute Gasteiger partial charge is 0.255 e. The Morgan fingerprint density at radius 2 is 1.58 bits per heavy atom. The van der Waals surface area contributed by atoms with E-state index in [2.05, 4.69) is 20.5 Å². The van der Waals surface area contributed by atoms with Gasteiger partial charge in [-0.1, -0.05) is 0 Å². The third-order valence-electron chi connectivity index (χ3n) is 6.05. The number of nitrogens with zero attached hydrogens (tertiary/aromatic N) is 2. The summed E-state index contributed by atoms with van der Waals surface area (Å²) in [6.07, 6.45) is 1.78. The number of carbonyl (C=O) groups is 2. The summed E-state index contributed by atoms with van der Waals surface area (Å²) in [6, 6.07) is 12.8. The number of carbonyl (C=O) groups excluding carboxylic acids is 2. The van der Waals surface area contributed by atoms with E-state index in [4.69, 9.17) is 0 Å². The number of hydrogen-bond acceptors (Lipinski definition) is 5. The average molecular weight is 490 g/mol. The van der Waals surface area contributed by atoms with Gasteiger partial charge in [-0.2, -0.15) is 0 Å². The molecule has 36 heavy (non-hydrogen) atoms. The van der Waals surface area contributed by atoms with Gasteiger partial charge < -0.3 is 15.5 Å². The first-order valence-electron chi connectivity index (χ1n) is 11.4. The van der Waals surface area contributed by atoms with Crippen molar-refractivity contribution in [1.29, 1.82) is 0 Å². The molecule has 0 aliphatic carbocycles. The maximum Gasteiger partial charge on any atom is 0.255 e. The van der Waals surface area contributed by atoms with Crippen molar-refractivity contribution >= 4 is 34.0 Å². The number of benzene rings is 3. The third kappa shape index (κ3) is 4.78. The van der Waals surface area contributed by atoms with Crippen LogP contribution in [0.25, 0.3) is 10.9 Å². The molecule has 9 heteroatoms. The second-order valence-corrected chi connectivity index (χ2v) is 8.44. The van der Waals surface area contributed by atoms with E-state index in [-0.39, 0.29) is 11.1 Å². The number of rotatable bonds is 5. The number of halogens is 3. The van der Waals surface area contributed by atoms with Crippen LogP contribution < -0.4 is 15.5 Å². The van der Waals surface area contributed by atoms with Gasteiger partial charge in [0, 0.05) is 48.8 Å². The summed E-state index contributed by atoms with van der Waals surface area (Å²) >= 11 is 0. The first-order valence-corrected chi connectivity index (χ1v) is 11.4. The predicted molar refractivity (Wildman–Crippen MR) is 131 cm³/mol. The zero-order valence-corrected chi connectivity index (χ0v) is 19.0. The van der Waals surface area contributed by atoms with Crippen LogP contribution >= 0.6 is 0 Å². The summed E-state index contributed by atoms with van der Waals surface area (Å²) in [5, 5.41) is 6.24. The molecule has 0 radical (unpaired) electrons. The fourth-order valence-corrected chi connectivity index (χ4v) is 4.15. The van der Waals surface area contributed by atoms with Gasteiger partial charge in [0.25, 0.3) is 5.91 Å². The minimum absolute atomic E-state index is 0.0512. The van der Waals surface area contributed by atoms with Gasteiger partial charge in [0.15, 0.2) is 11.6 Å². The van der Waals surface area contributed by atoms with Crippen molar-refractivity contribution in [2.45, 2.75) is 0 Å². The third-order valence-corrected chi connectivity index (χ3v) is 6.05. The summed E-state index contributed by atoms with van der Waals surface area (Å²) in [5.74, 6) is -4.00. The van der Waals surface area contributed by atoms with Crippen LogP contribution in [0.4, 0.5) is 24.5 Å². The van der Waals surface area contributed by atoms with Gasteiger partial charge in [-0.25, -0.2) is 13.2 Å². The van der Waals surface area contributed by atoms with Crippen LogP contribution in [-0.2, 0) is 0 Å². The standard InChI is InChI=1S/C27H21F3N4O2/c28-19-4-1-16(2-5-19)27(36)33-24-14-20(29)13-22(25(24)30)26(35)17-3-6-23-18(11-17)12-21(15-32-23)34-9-7-31-8-10-34/h1-6,11-15,31H,7-10H2,(H,33,36). The highest BCUT2D eigenvalue weighted by atomic mass is 19.1. The molecule has 0 unspecified atom stereocenters. The molecule has 0 atom stereocenters. The molecule has 0 saturated carbocycles. The predicted octanol–water partition coefficient (Wildman–Crippen LogP) is 4.55. The first-order chi connectivity index (χ1) is 17.4. The molecule has 4 aromatic rings. The van der Waals surface area contributed by atoms with Crippen molar-refractivity contribution in [2.24, 2.45) is 0 Å². The van der Waals surface area contributed by atoms with Crippen molar-refractivity contribution in [3.63, 3.8) is 0 Å².